The fourth-order valence-corrected chi connectivity index (χ4v) is 7.33. The Labute approximate surface area is 329 Å². The van der Waals surface area contributed by atoms with Crippen molar-refractivity contribution >= 4 is 53.4 Å². The van der Waals surface area contributed by atoms with E-state index in [0.717, 1.165) is 22.4 Å². The number of carbonyl (C=O) groups excluding carboxylic acids is 2. The summed E-state index contributed by atoms with van der Waals surface area (Å²) in [6.45, 7) is 16.0. The fraction of sp³-hybridized carbons (Fsp3) is 0.475. The highest BCUT2D eigenvalue weighted by Gasteiger charge is 2.45. The van der Waals surface area contributed by atoms with Crippen molar-refractivity contribution in [3.05, 3.63) is 93.0 Å². The molecule has 13 heteroatoms. The minimum Gasteiger partial charge on any atom is -0.494 e. The zero-order chi connectivity index (χ0) is 37.0. The van der Waals surface area contributed by atoms with Crippen molar-refractivity contribution in [2.45, 2.75) is 52.1 Å². The van der Waals surface area contributed by atoms with Gasteiger partial charge in [0.2, 0.25) is 5.91 Å². The van der Waals surface area contributed by atoms with Gasteiger partial charge >= 0.3 is 6.03 Å². The number of morpholine rings is 1. The summed E-state index contributed by atoms with van der Waals surface area (Å²) in [7, 11) is 0. The minimum atomic E-state index is -0.505. The van der Waals surface area contributed by atoms with E-state index >= 15 is 4.79 Å². The van der Waals surface area contributed by atoms with Gasteiger partial charge in [-0.3, -0.25) is 19.6 Å². The van der Waals surface area contributed by atoms with Crippen molar-refractivity contribution in [3.63, 3.8) is 0 Å². The molecule has 3 heterocycles. The molecule has 3 aromatic rings. The van der Waals surface area contributed by atoms with Crippen LogP contribution in [0.15, 0.2) is 65.7 Å². The van der Waals surface area contributed by atoms with Gasteiger partial charge in [-0.15, -0.1) is 12.4 Å². The van der Waals surface area contributed by atoms with Crippen LogP contribution in [0.3, 0.4) is 0 Å². The second-order valence-corrected chi connectivity index (χ2v) is 15.2. The predicted molar refractivity (Wildman–Crippen MR) is 212 cm³/mol. The smallest absolute Gasteiger partial charge is 0.326 e. The number of rotatable bonds is 9. The second kappa shape index (κ2) is 17.7. The molecule has 6 rings (SSSR count). The first kappa shape index (κ1) is 40.6. The molecule has 0 aromatic heterocycles. The molecule has 3 aromatic carbocycles. The summed E-state index contributed by atoms with van der Waals surface area (Å²) in [6.07, 6.45) is 0. The van der Waals surface area contributed by atoms with E-state index in [4.69, 9.17) is 42.4 Å². The molecule has 0 N–H and O–H groups in total. The molecular weight excluding hydrogens is 737 g/mol. The standard InChI is InChI=1S/C40H49Cl2N5O5.ClH/c1-6-51-33-25-32(40(3,4)5)34(52-7-2)24-31(33)38-43-36(27-8-12-29(41)13-9-27)37(28-10-14-30(42)15-11-28)47(38)39(49)46-18-16-44(17-19-46)26-35(48)45-20-22-50-23-21-45;/h8-15,24-25,36-37H,6-7,16-23,26H2,1-5H3;1H/t36-,37+;/m0./s1. The number of ether oxygens (including phenoxy) is 3. The lowest BCUT2D eigenvalue weighted by atomic mass is 9.85. The SMILES string of the molecule is CCOc1cc(C(C)(C)C)c(OCC)cc1C1=N[C@@H](c2ccc(Cl)cc2)[C@@H](c2ccc(Cl)cc2)N1C(=O)N1CCN(CC(=O)N2CCOCC2)CC1.Cl. The van der Waals surface area contributed by atoms with Gasteiger partial charge in [-0.2, -0.15) is 0 Å². The molecule has 0 aliphatic carbocycles. The van der Waals surface area contributed by atoms with Crippen LogP contribution in [-0.2, 0) is 14.9 Å². The maximum absolute atomic E-state index is 15.1. The zero-order valence-electron chi connectivity index (χ0n) is 31.1. The van der Waals surface area contributed by atoms with E-state index in [1.165, 1.54) is 0 Å². The number of hydrogen-bond donors (Lipinski definition) is 0. The Morgan fingerprint density at radius 2 is 1.36 bits per heavy atom. The first-order valence-electron chi connectivity index (χ1n) is 18.2. The summed E-state index contributed by atoms with van der Waals surface area (Å²) >= 11 is 12.7. The van der Waals surface area contributed by atoms with E-state index in [-0.39, 0.29) is 29.8 Å². The van der Waals surface area contributed by atoms with Gasteiger partial charge < -0.3 is 24.0 Å². The summed E-state index contributed by atoms with van der Waals surface area (Å²) in [5, 5.41) is 1.22. The molecule has 0 spiro atoms. The Bertz CT molecular complexity index is 1750. The lowest BCUT2D eigenvalue weighted by Crippen LogP contribution is -2.56. The fourth-order valence-electron chi connectivity index (χ4n) is 7.08. The van der Waals surface area contributed by atoms with Crippen LogP contribution in [0, 0.1) is 0 Å². The lowest BCUT2D eigenvalue weighted by Gasteiger charge is -2.39. The molecule has 10 nitrogen and oxygen atoms in total. The molecule has 0 saturated carbocycles. The molecule has 0 bridgehead atoms. The first-order chi connectivity index (χ1) is 25.0. The highest BCUT2D eigenvalue weighted by Crippen LogP contribution is 2.47. The van der Waals surface area contributed by atoms with E-state index in [9.17, 15) is 4.79 Å². The monoisotopic (exact) mass is 785 g/mol. The Morgan fingerprint density at radius 1 is 0.792 bits per heavy atom. The maximum atomic E-state index is 15.1. The third-order valence-corrected chi connectivity index (χ3v) is 10.3. The number of amides is 3. The molecule has 0 unspecified atom stereocenters. The number of benzene rings is 3. The Hall–Kier alpha value is -3.54. The average Bonchev–Trinajstić information content (AvgIpc) is 3.53. The number of aliphatic imine (C=N–C) groups is 1. The first-order valence-corrected chi connectivity index (χ1v) is 18.9. The molecule has 2 fully saturated rings. The van der Waals surface area contributed by atoms with Gasteiger partial charge in [0.15, 0.2) is 0 Å². The molecular formula is C40H50Cl3N5O5. The van der Waals surface area contributed by atoms with Gasteiger partial charge in [-0.05, 0) is 66.8 Å². The highest BCUT2D eigenvalue weighted by molar-refractivity contribution is 6.30. The number of halogens is 3. The van der Waals surface area contributed by atoms with E-state index in [1.807, 2.05) is 89.2 Å². The normalized spacial score (nSPS) is 19.5. The summed E-state index contributed by atoms with van der Waals surface area (Å²) in [6, 6.07) is 18.1. The molecule has 0 radical (unpaired) electrons. The number of carbonyl (C=O) groups is 2. The molecule has 2 saturated heterocycles. The Kier molecular flexibility index (Phi) is 13.6. The lowest BCUT2D eigenvalue weighted by molar-refractivity contribution is -0.136. The largest absolute Gasteiger partial charge is 0.494 e. The van der Waals surface area contributed by atoms with Crippen LogP contribution < -0.4 is 9.47 Å². The summed E-state index contributed by atoms with van der Waals surface area (Å²) in [5.74, 6) is 1.95. The van der Waals surface area contributed by atoms with Crippen LogP contribution in [0.1, 0.15) is 69.0 Å². The van der Waals surface area contributed by atoms with Crippen molar-refractivity contribution < 1.29 is 23.8 Å². The van der Waals surface area contributed by atoms with Crippen molar-refractivity contribution in [3.8, 4) is 11.5 Å². The number of nitrogens with zero attached hydrogens (tertiary/aromatic N) is 5. The van der Waals surface area contributed by atoms with Gasteiger partial charge in [-0.25, -0.2) is 4.79 Å². The summed E-state index contributed by atoms with van der Waals surface area (Å²) in [4.78, 5) is 41.2. The van der Waals surface area contributed by atoms with Crippen molar-refractivity contribution in [2.24, 2.45) is 4.99 Å². The van der Waals surface area contributed by atoms with Crippen LogP contribution in [0.5, 0.6) is 11.5 Å². The highest BCUT2D eigenvalue weighted by atomic mass is 35.5. The van der Waals surface area contributed by atoms with Crippen molar-refractivity contribution in [2.75, 3.05) is 72.2 Å². The molecule has 3 aliphatic rings. The topological polar surface area (TPSA) is 87.2 Å². The van der Waals surface area contributed by atoms with Gasteiger partial charge in [0, 0.05) is 54.9 Å². The molecule has 286 valence electrons. The molecule has 3 aliphatic heterocycles. The third-order valence-electron chi connectivity index (χ3n) is 9.79. The van der Waals surface area contributed by atoms with Crippen LogP contribution >= 0.6 is 35.6 Å². The number of urea groups is 1. The molecule has 53 heavy (non-hydrogen) atoms. The molecule has 3 amide bonds. The summed E-state index contributed by atoms with van der Waals surface area (Å²) < 4.78 is 18.0. The van der Waals surface area contributed by atoms with E-state index in [1.54, 1.807) is 0 Å². The van der Waals surface area contributed by atoms with Crippen molar-refractivity contribution in [1.82, 2.24) is 19.6 Å². The zero-order valence-corrected chi connectivity index (χ0v) is 33.5. The quantitative estimate of drug-likeness (QED) is 0.222. The van der Waals surface area contributed by atoms with E-state index in [0.29, 0.717) is 99.4 Å². The van der Waals surface area contributed by atoms with E-state index < -0.39 is 12.1 Å². The Balaban J connectivity index is 0.00000541. The van der Waals surface area contributed by atoms with E-state index in [2.05, 4.69) is 25.7 Å². The third kappa shape index (κ3) is 9.23. The van der Waals surface area contributed by atoms with Crippen molar-refractivity contribution in [1.29, 1.82) is 0 Å². The van der Waals surface area contributed by atoms with Gasteiger partial charge in [-0.1, -0.05) is 68.2 Å². The van der Waals surface area contributed by atoms with Crippen LogP contribution in [0.25, 0.3) is 0 Å². The van der Waals surface area contributed by atoms with Gasteiger partial charge in [0.25, 0.3) is 0 Å². The number of piperazine rings is 1. The maximum Gasteiger partial charge on any atom is 0.326 e. The number of amidine groups is 1. The average molecular weight is 787 g/mol. The minimum absolute atomic E-state index is 0. The Morgan fingerprint density at radius 3 is 1.92 bits per heavy atom. The molecule has 2 atom stereocenters. The van der Waals surface area contributed by atoms with Gasteiger partial charge in [0.1, 0.15) is 23.4 Å². The number of hydrogen-bond acceptors (Lipinski definition) is 7. The van der Waals surface area contributed by atoms with Gasteiger partial charge in [0.05, 0.1) is 44.6 Å². The van der Waals surface area contributed by atoms with Crippen LogP contribution in [-0.4, -0.2) is 110 Å². The second-order valence-electron chi connectivity index (χ2n) is 14.3. The summed E-state index contributed by atoms with van der Waals surface area (Å²) in [5.41, 5.74) is 3.25. The van der Waals surface area contributed by atoms with Crippen LogP contribution in [0.2, 0.25) is 10.0 Å². The van der Waals surface area contributed by atoms with Crippen LogP contribution in [0.4, 0.5) is 4.79 Å². The predicted octanol–water partition coefficient (Wildman–Crippen LogP) is 7.65.